The van der Waals surface area contributed by atoms with Crippen molar-refractivity contribution in [1.29, 1.82) is 0 Å². The molecule has 0 saturated carbocycles. The molecule has 25 heavy (non-hydrogen) atoms. The second-order valence-corrected chi connectivity index (χ2v) is 6.54. The number of thiophene rings is 1. The number of amides is 1. The highest BCUT2D eigenvalue weighted by Gasteiger charge is 2.25. The largest absolute Gasteiger partial charge is 0.496 e. The van der Waals surface area contributed by atoms with E-state index in [1.165, 1.54) is 24.5 Å². The van der Waals surface area contributed by atoms with E-state index in [1.807, 2.05) is 26.6 Å². The highest BCUT2D eigenvalue weighted by Crippen LogP contribution is 2.32. The number of rotatable bonds is 4. The van der Waals surface area contributed by atoms with Crippen molar-refractivity contribution in [2.45, 2.75) is 6.42 Å². The van der Waals surface area contributed by atoms with Gasteiger partial charge in [0.05, 0.1) is 23.7 Å². The number of nitrogens with zero attached hydrogens (tertiary/aromatic N) is 3. The molecule has 3 rings (SSSR count). The van der Waals surface area contributed by atoms with Gasteiger partial charge in [0.1, 0.15) is 11.4 Å². The van der Waals surface area contributed by atoms with Crippen molar-refractivity contribution in [3.63, 3.8) is 0 Å². The summed E-state index contributed by atoms with van der Waals surface area (Å²) < 4.78 is 5.09. The summed E-state index contributed by atoms with van der Waals surface area (Å²) in [5, 5.41) is 15.1. The van der Waals surface area contributed by atoms with Crippen molar-refractivity contribution in [3.05, 3.63) is 50.7 Å². The van der Waals surface area contributed by atoms with Crippen LogP contribution in [0.1, 0.15) is 16.8 Å². The normalized spacial score (nSPS) is 14.9. The predicted octanol–water partition coefficient (Wildman–Crippen LogP) is 3.02. The van der Waals surface area contributed by atoms with Crippen LogP contribution in [0.3, 0.4) is 0 Å². The first-order valence-electron chi connectivity index (χ1n) is 7.99. The molecule has 1 saturated heterocycles. The first-order valence-corrected chi connectivity index (χ1v) is 8.93. The Hall–Kier alpha value is -2.61. The number of carbonyl (C=O) groups excluding carboxylic acids is 1. The van der Waals surface area contributed by atoms with Crippen LogP contribution in [0.4, 0.5) is 11.4 Å². The van der Waals surface area contributed by atoms with E-state index in [0.29, 0.717) is 43.2 Å². The van der Waals surface area contributed by atoms with Crippen molar-refractivity contribution in [2.24, 2.45) is 0 Å². The molecule has 0 radical (unpaired) electrons. The van der Waals surface area contributed by atoms with Gasteiger partial charge in [0.2, 0.25) is 0 Å². The summed E-state index contributed by atoms with van der Waals surface area (Å²) in [5.41, 5.74) is 1.29. The Morgan fingerprint density at radius 1 is 1.24 bits per heavy atom. The van der Waals surface area contributed by atoms with Gasteiger partial charge in [0.25, 0.3) is 11.6 Å². The van der Waals surface area contributed by atoms with E-state index in [4.69, 9.17) is 4.74 Å². The smallest absolute Gasteiger partial charge is 0.296 e. The monoisotopic (exact) mass is 361 g/mol. The molecular formula is C17H19N3O4S. The Balaban J connectivity index is 1.77. The topological polar surface area (TPSA) is 75.9 Å². The van der Waals surface area contributed by atoms with Crippen LogP contribution in [0.5, 0.6) is 5.75 Å². The van der Waals surface area contributed by atoms with Crippen molar-refractivity contribution in [3.8, 4) is 5.75 Å². The zero-order valence-electron chi connectivity index (χ0n) is 13.9. The van der Waals surface area contributed by atoms with Crippen LogP contribution in [0.2, 0.25) is 0 Å². The molecule has 0 atom stereocenters. The van der Waals surface area contributed by atoms with Gasteiger partial charge in [-0.05, 0) is 30.0 Å². The van der Waals surface area contributed by atoms with E-state index in [9.17, 15) is 14.9 Å². The number of hydrogen-bond acceptors (Lipinski definition) is 6. The average Bonchev–Trinajstić information content (AvgIpc) is 3.05. The fraction of sp³-hybridized carbons (Fsp3) is 0.353. The quantitative estimate of drug-likeness (QED) is 0.618. The highest BCUT2D eigenvalue weighted by atomic mass is 32.1. The number of benzene rings is 1. The maximum absolute atomic E-state index is 12.5. The molecule has 1 aromatic heterocycles. The van der Waals surface area contributed by atoms with E-state index >= 15 is 0 Å². The molecule has 1 fully saturated rings. The van der Waals surface area contributed by atoms with Gasteiger partial charge < -0.3 is 14.5 Å². The van der Waals surface area contributed by atoms with Crippen molar-refractivity contribution < 1.29 is 14.5 Å². The second-order valence-electron chi connectivity index (χ2n) is 5.76. The standard InChI is InChI=1S/C17H19N3O4S/c1-24-14-3-4-15(16(11-14)20(22)23)18-6-2-7-19(9-8-18)17(21)13-5-10-25-12-13/h3-5,10-12H,2,6-9H2,1H3. The van der Waals surface area contributed by atoms with E-state index < -0.39 is 4.92 Å². The van der Waals surface area contributed by atoms with Gasteiger partial charge in [0.15, 0.2) is 0 Å². The summed E-state index contributed by atoms with van der Waals surface area (Å²) in [6, 6.07) is 6.70. The Morgan fingerprint density at radius 2 is 2.08 bits per heavy atom. The molecule has 1 aromatic carbocycles. The molecule has 2 heterocycles. The Bertz CT molecular complexity index is 763. The molecule has 0 bridgehead atoms. The molecule has 0 aliphatic carbocycles. The average molecular weight is 361 g/mol. The summed E-state index contributed by atoms with van der Waals surface area (Å²) in [7, 11) is 1.48. The molecule has 2 aromatic rings. The van der Waals surface area contributed by atoms with E-state index in [2.05, 4.69) is 0 Å². The number of nitro benzene ring substituents is 1. The van der Waals surface area contributed by atoms with Gasteiger partial charge in [-0.15, -0.1) is 0 Å². The van der Waals surface area contributed by atoms with E-state index in [1.54, 1.807) is 12.1 Å². The summed E-state index contributed by atoms with van der Waals surface area (Å²) in [6.45, 7) is 2.41. The van der Waals surface area contributed by atoms with Crippen LogP contribution in [0.15, 0.2) is 35.0 Å². The summed E-state index contributed by atoms with van der Waals surface area (Å²) >= 11 is 1.50. The second kappa shape index (κ2) is 7.52. The predicted molar refractivity (Wildman–Crippen MR) is 96.7 cm³/mol. The minimum absolute atomic E-state index is 0.0207. The lowest BCUT2D eigenvalue weighted by Crippen LogP contribution is -2.35. The number of nitro groups is 1. The third-order valence-electron chi connectivity index (χ3n) is 4.27. The van der Waals surface area contributed by atoms with Crippen LogP contribution >= 0.6 is 11.3 Å². The van der Waals surface area contributed by atoms with E-state index in [0.717, 1.165) is 6.42 Å². The van der Waals surface area contributed by atoms with Gasteiger partial charge in [-0.3, -0.25) is 14.9 Å². The lowest BCUT2D eigenvalue weighted by atomic mass is 10.2. The molecule has 7 nitrogen and oxygen atoms in total. The maximum Gasteiger partial charge on any atom is 0.296 e. The van der Waals surface area contributed by atoms with Crippen LogP contribution in [0, 0.1) is 10.1 Å². The Morgan fingerprint density at radius 3 is 2.76 bits per heavy atom. The summed E-state index contributed by atoms with van der Waals surface area (Å²) in [5.74, 6) is 0.479. The Labute approximate surface area is 149 Å². The molecule has 8 heteroatoms. The number of carbonyl (C=O) groups is 1. The van der Waals surface area contributed by atoms with Gasteiger partial charge in [0, 0.05) is 31.6 Å². The third kappa shape index (κ3) is 3.74. The van der Waals surface area contributed by atoms with Gasteiger partial charge in [-0.2, -0.15) is 11.3 Å². The molecule has 0 spiro atoms. The highest BCUT2D eigenvalue weighted by molar-refractivity contribution is 7.08. The summed E-state index contributed by atoms with van der Waals surface area (Å²) in [6.07, 6.45) is 0.763. The molecule has 1 aliphatic rings. The number of anilines is 1. The first-order chi connectivity index (χ1) is 12.1. The van der Waals surface area contributed by atoms with E-state index in [-0.39, 0.29) is 11.6 Å². The summed E-state index contributed by atoms with van der Waals surface area (Å²) in [4.78, 5) is 27.3. The molecule has 1 amide bonds. The molecule has 1 aliphatic heterocycles. The van der Waals surface area contributed by atoms with Gasteiger partial charge >= 0.3 is 0 Å². The van der Waals surface area contributed by atoms with Crippen molar-refractivity contribution in [2.75, 3.05) is 38.2 Å². The zero-order chi connectivity index (χ0) is 17.8. The lowest BCUT2D eigenvalue weighted by molar-refractivity contribution is -0.384. The fourth-order valence-electron chi connectivity index (χ4n) is 2.97. The third-order valence-corrected chi connectivity index (χ3v) is 4.95. The van der Waals surface area contributed by atoms with Gasteiger partial charge in [-0.25, -0.2) is 0 Å². The fourth-order valence-corrected chi connectivity index (χ4v) is 3.60. The van der Waals surface area contributed by atoms with Crippen molar-refractivity contribution >= 4 is 28.6 Å². The lowest BCUT2D eigenvalue weighted by Gasteiger charge is -2.23. The Kier molecular flexibility index (Phi) is 5.18. The zero-order valence-corrected chi connectivity index (χ0v) is 14.7. The van der Waals surface area contributed by atoms with Crippen LogP contribution in [0.25, 0.3) is 0 Å². The first kappa shape index (κ1) is 17.2. The van der Waals surface area contributed by atoms with Crippen LogP contribution in [-0.4, -0.2) is 49.0 Å². The SMILES string of the molecule is COc1ccc(N2CCCN(C(=O)c3ccsc3)CC2)c([N+](=O)[O-])c1. The minimum Gasteiger partial charge on any atom is -0.496 e. The maximum atomic E-state index is 12.5. The molecular weight excluding hydrogens is 342 g/mol. The van der Waals surface area contributed by atoms with Crippen molar-refractivity contribution in [1.82, 2.24) is 4.90 Å². The number of methoxy groups -OCH3 is 1. The van der Waals surface area contributed by atoms with Crippen LogP contribution < -0.4 is 9.64 Å². The molecule has 0 N–H and O–H groups in total. The number of ether oxygens (including phenoxy) is 1. The minimum atomic E-state index is -0.392. The molecule has 132 valence electrons. The van der Waals surface area contributed by atoms with Crippen LogP contribution in [-0.2, 0) is 0 Å². The molecule has 0 unspecified atom stereocenters. The van der Waals surface area contributed by atoms with Gasteiger partial charge in [-0.1, -0.05) is 0 Å². The number of hydrogen-bond donors (Lipinski definition) is 0.